The van der Waals surface area contributed by atoms with Gasteiger partial charge in [0.2, 0.25) is 0 Å². The van der Waals surface area contributed by atoms with Gasteiger partial charge in [0.25, 0.3) is 0 Å². The SMILES string of the molecule is c1ccc2c(c1)ccc1c3cccc(-c4ccc(N(c5ccc(-c6cccc7oc8ccccc8c67)cc5)c5cccc6sc7ccccc7c56)cc4)c3oc21. The van der Waals surface area contributed by atoms with Crippen molar-refractivity contribution in [3.63, 3.8) is 0 Å². The minimum atomic E-state index is 0.900. The van der Waals surface area contributed by atoms with Crippen LogP contribution in [0.2, 0.25) is 0 Å². The van der Waals surface area contributed by atoms with Gasteiger partial charge in [0.1, 0.15) is 22.3 Å². The van der Waals surface area contributed by atoms with Gasteiger partial charge in [-0.25, -0.2) is 0 Å². The predicted octanol–water partition coefficient (Wildman–Crippen LogP) is 15.8. The maximum atomic E-state index is 6.73. The van der Waals surface area contributed by atoms with Gasteiger partial charge in [0.15, 0.2) is 0 Å². The Morgan fingerprint density at radius 2 is 0.964 bits per heavy atom. The number of fused-ring (bicyclic) bond motifs is 11. The Morgan fingerprint density at radius 1 is 0.357 bits per heavy atom. The first kappa shape index (κ1) is 31.2. The molecular weight excluding hydrogens is 703 g/mol. The Bertz CT molecular complexity index is 3480. The van der Waals surface area contributed by atoms with Crippen molar-refractivity contribution in [2.75, 3.05) is 4.90 Å². The average Bonchev–Trinajstić information content (AvgIpc) is 3.96. The smallest absolute Gasteiger partial charge is 0.143 e. The van der Waals surface area contributed by atoms with Gasteiger partial charge in [0, 0.05) is 64.0 Å². The molecule has 0 unspecified atom stereocenters. The molecule has 0 N–H and O–H groups in total. The predicted molar refractivity (Wildman–Crippen MR) is 237 cm³/mol. The highest BCUT2D eigenvalue weighted by molar-refractivity contribution is 7.26. The Labute approximate surface area is 325 Å². The van der Waals surface area contributed by atoms with Crippen LogP contribution in [0.5, 0.6) is 0 Å². The fourth-order valence-corrected chi connectivity index (χ4v) is 9.85. The van der Waals surface area contributed by atoms with Gasteiger partial charge in [-0.2, -0.15) is 0 Å². The normalized spacial score (nSPS) is 11.9. The second-order valence-corrected chi connectivity index (χ2v) is 15.5. The highest BCUT2D eigenvalue weighted by Crippen LogP contribution is 2.46. The monoisotopic (exact) mass is 733 g/mol. The molecule has 0 aliphatic rings. The largest absolute Gasteiger partial charge is 0.456 e. The van der Waals surface area contributed by atoms with E-state index in [4.69, 9.17) is 8.83 Å². The molecule has 0 atom stereocenters. The van der Waals surface area contributed by atoms with Crippen molar-refractivity contribution in [2.45, 2.75) is 0 Å². The topological polar surface area (TPSA) is 29.5 Å². The summed E-state index contributed by atoms with van der Waals surface area (Å²) in [5, 5.41) is 9.38. The van der Waals surface area contributed by atoms with E-state index in [1.54, 1.807) is 0 Å². The summed E-state index contributed by atoms with van der Waals surface area (Å²) >= 11 is 1.84. The van der Waals surface area contributed by atoms with Crippen LogP contribution in [0.4, 0.5) is 17.1 Å². The van der Waals surface area contributed by atoms with Crippen LogP contribution in [0.1, 0.15) is 0 Å². The molecule has 0 amide bonds. The first-order valence-corrected chi connectivity index (χ1v) is 19.7. The second kappa shape index (κ2) is 12.2. The number of nitrogens with zero attached hydrogens (tertiary/aromatic N) is 1. The molecule has 0 bridgehead atoms. The standard InChI is InChI=1S/C52H31NO2S/c1-2-11-38-32(10-1)26-31-41-40-16-7-15-39(51(40)55-52(38)41)34-24-29-36(30-25-34)53(44-17-9-21-48-50(44)43-13-4-6-20-47(43)56-48)35-27-22-33(23-28-35)37-14-8-19-46-49(37)42-12-3-5-18-45(42)54-46/h1-31H. The van der Waals surface area contributed by atoms with Crippen molar-refractivity contribution < 1.29 is 8.83 Å². The Hall–Kier alpha value is -7.14. The lowest BCUT2D eigenvalue weighted by Gasteiger charge is -2.27. The van der Waals surface area contributed by atoms with Gasteiger partial charge in [0.05, 0.1) is 5.69 Å². The minimum Gasteiger partial charge on any atom is -0.456 e. The molecule has 3 aromatic heterocycles. The van der Waals surface area contributed by atoms with E-state index in [1.165, 1.54) is 25.6 Å². The summed E-state index contributed by atoms with van der Waals surface area (Å²) < 4.78 is 15.5. The molecule has 0 aliphatic heterocycles. The van der Waals surface area contributed by atoms with E-state index in [2.05, 4.69) is 181 Å². The fourth-order valence-electron chi connectivity index (χ4n) is 8.72. The highest BCUT2D eigenvalue weighted by atomic mass is 32.1. The maximum absolute atomic E-state index is 6.73. The molecule has 0 radical (unpaired) electrons. The van der Waals surface area contributed by atoms with E-state index < -0.39 is 0 Å². The molecule has 262 valence electrons. The van der Waals surface area contributed by atoms with Gasteiger partial charge in [-0.15, -0.1) is 11.3 Å². The van der Waals surface area contributed by atoms with Gasteiger partial charge >= 0.3 is 0 Å². The van der Waals surface area contributed by atoms with E-state index in [9.17, 15) is 0 Å². The summed E-state index contributed by atoms with van der Waals surface area (Å²) in [6.07, 6.45) is 0. The maximum Gasteiger partial charge on any atom is 0.143 e. The lowest BCUT2D eigenvalue weighted by molar-refractivity contribution is 0.669. The Kier molecular flexibility index (Phi) is 6.80. The first-order valence-electron chi connectivity index (χ1n) is 18.9. The van der Waals surface area contributed by atoms with Crippen molar-refractivity contribution >= 4 is 103 Å². The summed E-state index contributed by atoms with van der Waals surface area (Å²) in [6.45, 7) is 0. The molecule has 12 rings (SSSR count). The van der Waals surface area contributed by atoms with E-state index in [1.807, 2.05) is 23.5 Å². The molecule has 3 heterocycles. The van der Waals surface area contributed by atoms with Crippen molar-refractivity contribution in [2.24, 2.45) is 0 Å². The van der Waals surface area contributed by atoms with Crippen LogP contribution in [0, 0.1) is 0 Å². The molecule has 0 saturated carbocycles. The molecule has 0 aliphatic carbocycles. The van der Waals surface area contributed by atoms with Crippen molar-refractivity contribution in [3.05, 3.63) is 188 Å². The van der Waals surface area contributed by atoms with Crippen LogP contribution < -0.4 is 4.90 Å². The molecule has 0 fully saturated rings. The number of furan rings is 2. The number of rotatable bonds is 5. The molecule has 56 heavy (non-hydrogen) atoms. The van der Waals surface area contributed by atoms with Crippen LogP contribution in [0.15, 0.2) is 197 Å². The molecule has 4 heteroatoms. The van der Waals surface area contributed by atoms with E-state index in [0.29, 0.717) is 0 Å². The Balaban J connectivity index is 1.01. The summed E-state index contributed by atoms with van der Waals surface area (Å²) in [4.78, 5) is 2.40. The lowest BCUT2D eigenvalue weighted by atomic mass is 9.98. The van der Waals surface area contributed by atoms with E-state index >= 15 is 0 Å². The number of hydrogen-bond acceptors (Lipinski definition) is 4. The third kappa shape index (κ3) is 4.70. The van der Waals surface area contributed by atoms with Crippen LogP contribution in [0.25, 0.3) is 97.1 Å². The van der Waals surface area contributed by atoms with Crippen LogP contribution >= 0.6 is 11.3 Å². The zero-order valence-electron chi connectivity index (χ0n) is 30.1. The Morgan fingerprint density at radius 3 is 1.80 bits per heavy atom. The molecule has 9 aromatic carbocycles. The van der Waals surface area contributed by atoms with Crippen LogP contribution in [-0.2, 0) is 0 Å². The van der Waals surface area contributed by atoms with Crippen LogP contribution in [0.3, 0.4) is 0 Å². The average molecular weight is 734 g/mol. The third-order valence-electron chi connectivity index (χ3n) is 11.3. The number of benzene rings is 9. The van der Waals surface area contributed by atoms with Gasteiger partial charge in [-0.05, 0) is 82.7 Å². The number of thiophene rings is 1. The minimum absolute atomic E-state index is 0.900. The third-order valence-corrected chi connectivity index (χ3v) is 12.4. The molecular formula is C52H31NO2S. The molecule has 12 aromatic rings. The zero-order chi connectivity index (χ0) is 36.7. The fraction of sp³-hybridized carbons (Fsp3) is 0. The van der Waals surface area contributed by atoms with E-state index in [0.717, 1.165) is 88.6 Å². The molecule has 0 saturated heterocycles. The van der Waals surface area contributed by atoms with Crippen molar-refractivity contribution in [1.82, 2.24) is 0 Å². The number of para-hydroxylation sites is 2. The van der Waals surface area contributed by atoms with Gasteiger partial charge in [-0.3, -0.25) is 0 Å². The summed E-state index contributed by atoms with van der Waals surface area (Å²) in [7, 11) is 0. The highest BCUT2D eigenvalue weighted by Gasteiger charge is 2.20. The molecule has 3 nitrogen and oxygen atoms in total. The van der Waals surface area contributed by atoms with Gasteiger partial charge < -0.3 is 13.7 Å². The zero-order valence-corrected chi connectivity index (χ0v) is 30.9. The molecule has 0 spiro atoms. The lowest BCUT2D eigenvalue weighted by Crippen LogP contribution is -2.10. The number of anilines is 3. The van der Waals surface area contributed by atoms with Crippen molar-refractivity contribution in [1.29, 1.82) is 0 Å². The summed E-state index contributed by atoms with van der Waals surface area (Å²) in [6, 6.07) is 67.2. The quantitative estimate of drug-likeness (QED) is 0.176. The second-order valence-electron chi connectivity index (χ2n) is 14.4. The van der Waals surface area contributed by atoms with Crippen LogP contribution in [-0.4, -0.2) is 0 Å². The summed E-state index contributed by atoms with van der Waals surface area (Å²) in [5.41, 5.74) is 11.5. The van der Waals surface area contributed by atoms with E-state index in [-0.39, 0.29) is 0 Å². The van der Waals surface area contributed by atoms with Gasteiger partial charge in [-0.1, -0.05) is 127 Å². The first-order chi connectivity index (χ1) is 27.8. The summed E-state index contributed by atoms with van der Waals surface area (Å²) in [5.74, 6) is 0. The van der Waals surface area contributed by atoms with Crippen molar-refractivity contribution in [3.8, 4) is 22.3 Å². The number of hydrogen-bond donors (Lipinski definition) is 0.